The summed E-state index contributed by atoms with van der Waals surface area (Å²) in [5.74, 6) is 0. The third kappa shape index (κ3) is 1.89. The number of rotatable bonds is 2. The zero-order valence-electron chi connectivity index (χ0n) is 10.8. The Morgan fingerprint density at radius 1 is 1.16 bits per heavy atom. The van der Waals surface area contributed by atoms with E-state index in [2.05, 4.69) is 9.97 Å². The second kappa shape index (κ2) is 4.28. The van der Waals surface area contributed by atoms with E-state index >= 15 is 0 Å². The molecule has 5 nitrogen and oxygen atoms in total. The van der Waals surface area contributed by atoms with E-state index in [1.807, 2.05) is 49.3 Å². The highest BCUT2D eigenvalue weighted by Crippen LogP contribution is 2.17. The van der Waals surface area contributed by atoms with Crippen LogP contribution in [0.3, 0.4) is 0 Å². The Morgan fingerprint density at radius 2 is 1.89 bits per heavy atom. The summed E-state index contributed by atoms with van der Waals surface area (Å²) in [5, 5.41) is 0. The van der Waals surface area contributed by atoms with Crippen molar-refractivity contribution in [2.24, 2.45) is 0 Å². The van der Waals surface area contributed by atoms with Crippen molar-refractivity contribution >= 4 is 16.9 Å². The fourth-order valence-corrected chi connectivity index (χ4v) is 2.08. The molecule has 2 aromatic heterocycles. The highest BCUT2D eigenvalue weighted by molar-refractivity contribution is 5.72. The van der Waals surface area contributed by atoms with Crippen molar-refractivity contribution in [3.63, 3.8) is 0 Å². The number of aromatic amines is 1. The molecule has 0 spiro atoms. The summed E-state index contributed by atoms with van der Waals surface area (Å²) in [5.41, 5.74) is 3.10. The van der Waals surface area contributed by atoms with E-state index in [0.29, 0.717) is 5.65 Å². The summed E-state index contributed by atoms with van der Waals surface area (Å²) in [6, 6.07) is 11.4. The molecule has 0 bridgehead atoms. The first-order valence-corrected chi connectivity index (χ1v) is 6.00. The SMILES string of the molecule is CN(C)c1ccc(-n2c(=O)[nH]c3cccnc32)cc1. The summed E-state index contributed by atoms with van der Waals surface area (Å²) in [4.78, 5) is 21.1. The molecule has 0 amide bonds. The van der Waals surface area contributed by atoms with Gasteiger partial charge in [-0.3, -0.25) is 0 Å². The van der Waals surface area contributed by atoms with Crippen LogP contribution in [0.4, 0.5) is 5.69 Å². The number of benzene rings is 1. The molecule has 0 saturated carbocycles. The van der Waals surface area contributed by atoms with E-state index in [0.717, 1.165) is 16.9 Å². The summed E-state index contributed by atoms with van der Waals surface area (Å²) in [6.45, 7) is 0. The van der Waals surface area contributed by atoms with Crippen molar-refractivity contribution in [1.29, 1.82) is 0 Å². The van der Waals surface area contributed by atoms with Gasteiger partial charge < -0.3 is 9.88 Å². The molecule has 1 aromatic carbocycles. The van der Waals surface area contributed by atoms with E-state index in [9.17, 15) is 4.79 Å². The Labute approximate surface area is 110 Å². The topological polar surface area (TPSA) is 53.9 Å². The number of anilines is 1. The summed E-state index contributed by atoms with van der Waals surface area (Å²) >= 11 is 0. The number of nitrogens with one attached hydrogen (secondary N) is 1. The van der Waals surface area contributed by atoms with E-state index in [1.165, 1.54) is 0 Å². The first-order valence-electron chi connectivity index (χ1n) is 6.00. The normalized spacial score (nSPS) is 10.8. The fourth-order valence-electron chi connectivity index (χ4n) is 2.08. The van der Waals surface area contributed by atoms with Crippen LogP contribution in [0, 0.1) is 0 Å². The number of pyridine rings is 1. The minimum atomic E-state index is -0.175. The first-order chi connectivity index (χ1) is 9.16. The van der Waals surface area contributed by atoms with Gasteiger partial charge in [-0.1, -0.05) is 0 Å². The van der Waals surface area contributed by atoms with Crippen molar-refractivity contribution in [3.05, 3.63) is 53.1 Å². The number of hydrogen-bond donors (Lipinski definition) is 1. The molecular formula is C14H14N4O. The minimum Gasteiger partial charge on any atom is -0.378 e. The van der Waals surface area contributed by atoms with Crippen LogP contribution in [0.5, 0.6) is 0 Å². The fraction of sp³-hybridized carbons (Fsp3) is 0.143. The average Bonchev–Trinajstić information content (AvgIpc) is 2.74. The molecule has 0 aliphatic carbocycles. The second-order valence-electron chi connectivity index (χ2n) is 4.55. The zero-order chi connectivity index (χ0) is 13.4. The number of hydrogen-bond acceptors (Lipinski definition) is 3. The first kappa shape index (κ1) is 11.5. The molecule has 0 saturated heterocycles. The summed E-state index contributed by atoms with van der Waals surface area (Å²) < 4.78 is 1.58. The van der Waals surface area contributed by atoms with Crippen molar-refractivity contribution < 1.29 is 0 Å². The van der Waals surface area contributed by atoms with Crippen LogP contribution in [0.15, 0.2) is 47.4 Å². The molecule has 0 unspecified atom stereocenters. The standard InChI is InChI=1S/C14H14N4O/c1-17(2)10-5-7-11(8-6-10)18-13-12(16-14(18)19)4-3-9-15-13/h3-9H,1-2H3,(H,16,19). The third-order valence-electron chi connectivity index (χ3n) is 3.07. The van der Waals surface area contributed by atoms with Crippen LogP contribution >= 0.6 is 0 Å². The number of nitrogens with zero attached hydrogens (tertiary/aromatic N) is 3. The number of imidazole rings is 1. The maximum Gasteiger partial charge on any atom is 0.332 e. The van der Waals surface area contributed by atoms with E-state index < -0.39 is 0 Å². The van der Waals surface area contributed by atoms with Crippen LogP contribution in [0.1, 0.15) is 0 Å². The van der Waals surface area contributed by atoms with Gasteiger partial charge >= 0.3 is 5.69 Å². The highest BCUT2D eigenvalue weighted by Gasteiger charge is 2.09. The molecule has 96 valence electrons. The highest BCUT2D eigenvalue weighted by atomic mass is 16.1. The van der Waals surface area contributed by atoms with Gasteiger partial charge in [-0.2, -0.15) is 0 Å². The minimum absolute atomic E-state index is 0.175. The number of fused-ring (bicyclic) bond motifs is 1. The van der Waals surface area contributed by atoms with Gasteiger partial charge in [-0.25, -0.2) is 14.3 Å². The van der Waals surface area contributed by atoms with Gasteiger partial charge in [0.1, 0.15) is 0 Å². The maximum absolute atomic E-state index is 12.0. The van der Waals surface area contributed by atoms with Crippen LogP contribution in [0.2, 0.25) is 0 Å². The van der Waals surface area contributed by atoms with Crippen molar-refractivity contribution in [2.75, 3.05) is 19.0 Å². The summed E-state index contributed by atoms with van der Waals surface area (Å²) in [6.07, 6.45) is 1.68. The monoisotopic (exact) mass is 254 g/mol. The molecule has 5 heteroatoms. The Morgan fingerprint density at radius 3 is 2.58 bits per heavy atom. The molecule has 2 heterocycles. The van der Waals surface area contributed by atoms with Crippen LogP contribution in [0.25, 0.3) is 16.9 Å². The van der Waals surface area contributed by atoms with Crippen LogP contribution in [-0.4, -0.2) is 28.6 Å². The predicted octanol–water partition coefficient (Wildman–Crippen LogP) is 1.78. The molecule has 0 aliphatic heterocycles. The molecule has 3 aromatic rings. The van der Waals surface area contributed by atoms with Crippen LogP contribution in [-0.2, 0) is 0 Å². The van der Waals surface area contributed by atoms with Gasteiger partial charge in [0.2, 0.25) is 0 Å². The molecular weight excluding hydrogens is 240 g/mol. The van der Waals surface area contributed by atoms with Crippen LogP contribution < -0.4 is 10.6 Å². The molecule has 19 heavy (non-hydrogen) atoms. The van der Waals surface area contributed by atoms with Gasteiger partial charge in [0.25, 0.3) is 0 Å². The van der Waals surface area contributed by atoms with Gasteiger partial charge in [-0.05, 0) is 36.4 Å². The second-order valence-corrected chi connectivity index (χ2v) is 4.55. The zero-order valence-corrected chi connectivity index (χ0v) is 10.8. The largest absolute Gasteiger partial charge is 0.378 e. The number of aromatic nitrogens is 3. The van der Waals surface area contributed by atoms with Gasteiger partial charge in [0.15, 0.2) is 5.65 Å². The number of H-pyrrole nitrogens is 1. The molecule has 0 aliphatic rings. The Bertz CT molecular complexity index is 768. The molecule has 3 rings (SSSR count). The molecule has 1 N–H and O–H groups in total. The van der Waals surface area contributed by atoms with Gasteiger partial charge in [0.05, 0.1) is 11.2 Å². The summed E-state index contributed by atoms with van der Waals surface area (Å²) in [7, 11) is 3.96. The van der Waals surface area contributed by atoms with Crippen molar-refractivity contribution in [2.45, 2.75) is 0 Å². The quantitative estimate of drug-likeness (QED) is 0.758. The van der Waals surface area contributed by atoms with E-state index in [4.69, 9.17) is 0 Å². The average molecular weight is 254 g/mol. The van der Waals surface area contributed by atoms with Crippen molar-refractivity contribution in [1.82, 2.24) is 14.5 Å². The van der Waals surface area contributed by atoms with Gasteiger partial charge in [-0.15, -0.1) is 0 Å². The Kier molecular flexibility index (Phi) is 2.59. The Balaban J connectivity index is 2.19. The third-order valence-corrected chi connectivity index (χ3v) is 3.07. The lowest BCUT2D eigenvalue weighted by molar-refractivity contribution is 0.998. The Hall–Kier alpha value is -2.56. The lowest BCUT2D eigenvalue weighted by Crippen LogP contribution is -2.15. The molecule has 0 fully saturated rings. The predicted molar refractivity (Wildman–Crippen MR) is 76.0 cm³/mol. The van der Waals surface area contributed by atoms with E-state index in [-0.39, 0.29) is 5.69 Å². The van der Waals surface area contributed by atoms with E-state index in [1.54, 1.807) is 16.8 Å². The van der Waals surface area contributed by atoms with Crippen molar-refractivity contribution in [3.8, 4) is 5.69 Å². The lowest BCUT2D eigenvalue weighted by Gasteiger charge is -2.12. The molecule has 0 radical (unpaired) electrons. The molecule has 0 atom stereocenters. The maximum atomic E-state index is 12.0. The smallest absolute Gasteiger partial charge is 0.332 e. The lowest BCUT2D eigenvalue weighted by atomic mass is 10.2. The van der Waals surface area contributed by atoms with Gasteiger partial charge in [0, 0.05) is 26.0 Å².